The van der Waals surface area contributed by atoms with Crippen LogP contribution < -0.4 is 4.90 Å². The minimum Gasteiger partial charge on any atom is -0.507 e. The van der Waals surface area contributed by atoms with Crippen LogP contribution in [0.1, 0.15) is 30.4 Å². The van der Waals surface area contributed by atoms with Gasteiger partial charge in [-0.1, -0.05) is 66.7 Å². The van der Waals surface area contributed by atoms with Crippen molar-refractivity contribution in [1.29, 1.82) is 0 Å². The lowest BCUT2D eigenvalue weighted by atomic mass is 9.68. The van der Waals surface area contributed by atoms with E-state index in [1.807, 2.05) is 48.5 Å². The average Bonchev–Trinajstić information content (AvgIpc) is 3.24. The van der Waals surface area contributed by atoms with E-state index in [0.29, 0.717) is 28.8 Å². The molecule has 0 radical (unpaired) electrons. The van der Waals surface area contributed by atoms with E-state index in [0.717, 1.165) is 11.1 Å². The zero-order valence-electron chi connectivity index (χ0n) is 22.1. The lowest BCUT2D eigenvalue weighted by Gasteiger charge is -2.36. The molecule has 206 valence electrons. The second-order valence-electron chi connectivity index (χ2n) is 10.3. The van der Waals surface area contributed by atoms with E-state index in [9.17, 15) is 30.0 Å². The summed E-state index contributed by atoms with van der Waals surface area (Å²) in [7, 11) is 0. The number of aliphatic hydroxyl groups is 3. The third kappa shape index (κ3) is 5.23. The van der Waals surface area contributed by atoms with E-state index < -0.39 is 36.4 Å². The largest absolute Gasteiger partial charge is 0.507 e. The zero-order valence-corrected chi connectivity index (χ0v) is 22.1. The molecule has 1 saturated heterocycles. The number of nitrogens with zero attached hydrogens (tertiary/aromatic N) is 1. The fourth-order valence-corrected chi connectivity index (χ4v) is 6.13. The number of amides is 2. The van der Waals surface area contributed by atoms with E-state index >= 15 is 0 Å². The Morgan fingerprint density at radius 3 is 2.20 bits per heavy atom. The van der Waals surface area contributed by atoms with Gasteiger partial charge in [-0.3, -0.25) is 14.5 Å². The Balaban J connectivity index is 1.43. The molecule has 0 bridgehead atoms. The molecule has 2 aliphatic rings. The Morgan fingerprint density at radius 1 is 0.900 bits per heavy atom. The highest BCUT2D eigenvalue weighted by Crippen LogP contribution is 2.47. The normalized spacial score (nSPS) is 22.0. The number of imide groups is 1. The molecule has 3 aromatic carbocycles. The van der Waals surface area contributed by atoms with Crippen LogP contribution >= 0.6 is 0 Å². The van der Waals surface area contributed by atoms with E-state index in [2.05, 4.69) is 0 Å². The van der Waals surface area contributed by atoms with Crippen molar-refractivity contribution in [3.05, 3.63) is 107 Å². The van der Waals surface area contributed by atoms with Gasteiger partial charge in [0.15, 0.2) is 0 Å². The van der Waals surface area contributed by atoms with Gasteiger partial charge in [-0.2, -0.15) is 0 Å². The lowest BCUT2D eigenvalue weighted by molar-refractivity contribution is -0.123. The summed E-state index contributed by atoms with van der Waals surface area (Å²) in [5.41, 5.74) is 3.89. The topological polar surface area (TPSA) is 118 Å². The molecule has 1 heterocycles. The van der Waals surface area contributed by atoms with Gasteiger partial charge in [-0.15, -0.1) is 0 Å². The van der Waals surface area contributed by atoms with Crippen LogP contribution in [0.4, 0.5) is 5.69 Å². The van der Waals surface area contributed by atoms with Gasteiger partial charge in [-0.05, 0) is 65.8 Å². The number of hydrogen-bond donors (Lipinski definition) is 4. The molecule has 1 aliphatic heterocycles. The molecule has 1 fully saturated rings. The van der Waals surface area contributed by atoms with Gasteiger partial charge >= 0.3 is 0 Å². The third-order valence-electron chi connectivity index (χ3n) is 8.04. The van der Waals surface area contributed by atoms with Crippen molar-refractivity contribution in [2.75, 3.05) is 18.1 Å². The molecule has 0 unspecified atom stereocenters. The number of aliphatic hydroxyl groups excluding tert-OH is 3. The number of carbonyl (C=O) groups excluding carboxylic acids is 2. The maximum atomic E-state index is 13.6. The van der Waals surface area contributed by atoms with E-state index in [1.54, 1.807) is 42.5 Å². The van der Waals surface area contributed by atoms with Crippen LogP contribution in [-0.2, 0) is 9.59 Å². The number of carbonyl (C=O) groups is 2. The van der Waals surface area contributed by atoms with Crippen molar-refractivity contribution in [3.8, 4) is 5.75 Å². The highest BCUT2D eigenvalue weighted by Gasteiger charge is 2.55. The van der Waals surface area contributed by atoms with Crippen LogP contribution in [0, 0.1) is 17.8 Å². The smallest absolute Gasteiger partial charge is 0.238 e. The maximum Gasteiger partial charge on any atom is 0.238 e. The van der Waals surface area contributed by atoms with Gasteiger partial charge in [0.25, 0.3) is 0 Å². The predicted molar refractivity (Wildman–Crippen MR) is 153 cm³/mol. The van der Waals surface area contributed by atoms with E-state index in [1.165, 1.54) is 4.90 Å². The molecule has 4 N–H and O–H groups in total. The number of phenolic OH excluding ortho intramolecular Hbond substituents is 1. The molecule has 1 aliphatic carbocycles. The molecular weight excluding hydrogens is 506 g/mol. The highest BCUT2D eigenvalue weighted by molar-refractivity contribution is 6.22. The average molecular weight is 540 g/mol. The van der Waals surface area contributed by atoms with Crippen molar-refractivity contribution in [2.24, 2.45) is 17.8 Å². The second kappa shape index (κ2) is 12.0. The molecule has 4 atom stereocenters. The molecule has 0 spiro atoms. The van der Waals surface area contributed by atoms with Gasteiger partial charge < -0.3 is 20.4 Å². The number of rotatable bonds is 9. The van der Waals surface area contributed by atoms with E-state index in [4.69, 9.17) is 0 Å². The first kappa shape index (κ1) is 27.5. The van der Waals surface area contributed by atoms with Gasteiger partial charge in [0, 0.05) is 11.5 Å². The van der Waals surface area contributed by atoms with Crippen molar-refractivity contribution < 1.29 is 30.0 Å². The summed E-state index contributed by atoms with van der Waals surface area (Å²) in [6.07, 6.45) is 1.67. The van der Waals surface area contributed by atoms with Gasteiger partial charge in [0.1, 0.15) is 5.75 Å². The number of fused-ring (bicyclic) bond motifs is 1. The Hall–Kier alpha value is -4.04. The SMILES string of the molecule is O=C1[C@@H]2[C@@H](CC(CO)=C([C@H](O)CC/C(=C/c3ccccc3O)c3ccccc3)[C@@H]2CO)C(=O)N1c1ccccc1. The van der Waals surface area contributed by atoms with Crippen LogP contribution in [0.2, 0.25) is 0 Å². The standard InChI is InChI=1S/C33H33NO6/c35-19-24-18-26-31(33(40)34(32(26)39)25-12-5-2-6-13-25)27(20-36)30(24)29(38)16-15-22(21-9-3-1-4-10-21)17-23-11-7-8-14-28(23)37/h1-14,17,26-27,29,31,35-38H,15-16,18-20H2/b22-17-/t26-,27+,29-,31-/m1/s1. The number of para-hydroxylation sites is 2. The number of benzene rings is 3. The summed E-state index contributed by atoms with van der Waals surface area (Å²) in [6.45, 7) is -0.809. The number of allylic oxidation sites excluding steroid dienone is 1. The quantitative estimate of drug-likeness (QED) is 0.184. The van der Waals surface area contributed by atoms with Crippen LogP contribution in [0.25, 0.3) is 11.6 Å². The summed E-state index contributed by atoms with van der Waals surface area (Å²) in [4.78, 5) is 28.1. The number of hydrogen-bond acceptors (Lipinski definition) is 6. The first-order chi connectivity index (χ1) is 19.4. The molecule has 0 saturated carbocycles. The molecule has 7 nitrogen and oxygen atoms in total. The minimum absolute atomic E-state index is 0.146. The monoisotopic (exact) mass is 539 g/mol. The molecule has 40 heavy (non-hydrogen) atoms. The van der Waals surface area contributed by atoms with Crippen LogP contribution in [0.15, 0.2) is 96.1 Å². The Morgan fingerprint density at radius 2 is 1.55 bits per heavy atom. The van der Waals surface area contributed by atoms with Crippen molar-refractivity contribution in [3.63, 3.8) is 0 Å². The minimum atomic E-state index is -1.05. The van der Waals surface area contributed by atoms with Crippen LogP contribution in [0.3, 0.4) is 0 Å². The molecular formula is C33H33NO6. The van der Waals surface area contributed by atoms with Crippen molar-refractivity contribution in [1.82, 2.24) is 0 Å². The number of aromatic hydroxyl groups is 1. The fraction of sp³-hybridized carbons (Fsp3) is 0.273. The zero-order chi connectivity index (χ0) is 28.2. The highest BCUT2D eigenvalue weighted by atomic mass is 16.3. The molecule has 0 aromatic heterocycles. The first-order valence-corrected chi connectivity index (χ1v) is 13.5. The molecule has 7 heteroatoms. The predicted octanol–water partition coefficient (Wildman–Crippen LogP) is 4.18. The van der Waals surface area contributed by atoms with Gasteiger partial charge in [-0.25, -0.2) is 0 Å². The first-order valence-electron chi connectivity index (χ1n) is 13.5. The van der Waals surface area contributed by atoms with Crippen molar-refractivity contribution in [2.45, 2.75) is 25.4 Å². The molecule has 3 aromatic rings. The van der Waals surface area contributed by atoms with Crippen LogP contribution in [-0.4, -0.2) is 51.6 Å². The Kier molecular flexibility index (Phi) is 8.26. The van der Waals surface area contributed by atoms with Crippen LogP contribution in [0.5, 0.6) is 5.75 Å². The van der Waals surface area contributed by atoms with Gasteiger partial charge in [0.05, 0.1) is 36.8 Å². The third-order valence-corrected chi connectivity index (χ3v) is 8.04. The molecule has 2 amide bonds. The summed E-state index contributed by atoms with van der Waals surface area (Å²) in [5.74, 6) is -2.91. The summed E-state index contributed by atoms with van der Waals surface area (Å²) in [5, 5.41) is 42.5. The summed E-state index contributed by atoms with van der Waals surface area (Å²) in [6, 6.07) is 25.4. The van der Waals surface area contributed by atoms with Crippen molar-refractivity contribution >= 4 is 29.2 Å². The lowest BCUT2D eigenvalue weighted by Crippen LogP contribution is -2.39. The number of anilines is 1. The summed E-state index contributed by atoms with van der Waals surface area (Å²) >= 11 is 0. The second-order valence-corrected chi connectivity index (χ2v) is 10.3. The fourth-order valence-electron chi connectivity index (χ4n) is 6.13. The Labute approximate surface area is 233 Å². The molecule has 5 rings (SSSR count). The maximum absolute atomic E-state index is 13.6. The Bertz CT molecular complexity index is 1430. The number of phenols is 1. The van der Waals surface area contributed by atoms with E-state index in [-0.39, 0.29) is 31.1 Å². The summed E-state index contributed by atoms with van der Waals surface area (Å²) < 4.78 is 0. The van der Waals surface area contributed by atoms with Gasteiger partial charge in [0.2, 0.25) is 11.8 Å².